The molecule has 8 heteroatoms. The van der Waals surface area contributed by atoms with Crippen molar-refractivity contribution in [1.82, 2.24) is 10.2 Å². The molecule has 1 heterocycles. The molecule has 0 aliphatic carbocycles. The number of nitrogens with zero attached hydrogens (tertiary/aromatic N) is 1. The second-order valence-corrected chi connectivity index (χ2v) is 6.99. The lowest BCUT2D eigenvalue weighted by atomic mass is 9.94. The van der Waals surface area contributed by atoms with Crippen molar-refractivity contribution >= 4 is 27.9 Å². The normalized spacial score (nSPS) is 17.4. The van der Waals surface area contributed by atoms with Crippen LogP contribution in [0.5, 0.6) is 11.5 Å². The van der Waals surface area contributed by atoms with E-state index < -0.39 is 12.0 Å². The maximum absolute atomic E-state index is 12.7. The molecular formula is C18H23BrN2O5. The van der Waals surface area contributed by atoms with Crippen LogP contribution in [-0.2, 0) is 9.53 Å². The first-order valence-corrected chi connectivity index (χ1v) is 9.06. The quantitative estimate of drug-likeness (QED) is 0.703. The molecule has 2 amide bonds. The number of urea groups is 1. The standard InChI is InChI=1S/C18H23BrN2O5/c1-6-21-10(4)14(17(23)26-9(2)3)15(20-18(21)24)11-7-12(19)16(22)13(8-11)25-5/h7-9,15,22H,6H2,1-5H3,(H,20,24)/t15-/m0/s1. The topological polar surface area (TPSA) is 88.1 Å². The summed E-state index contributed by atoms with van der Waals surface area (Å²) in [6, 6.07) is 2.20. The summed E-state index contributed by atoms with van der Waals surface area (Å²) < 4.78 is 11.0. The van der Waals surface area contributed by atoms with Crippen molar-refractivity contribution in [3.05, 3.63) is 33.4 Å². The molecule has 0 bridgehead atoms. The average Bonchev–Trinajstić information content (AvgIpc) is 2.56. The molecule has 0 saturated carbocycles. The zero-order chi connectivity index (χ0) is 19.6. The van der Waals surface area contributed by atoms with E-state index in [9.17, 15) is 14.7 Å². The number of benzene rings is 1. The third-order valence-corrected chi connectivity index (χ3v) is 4.68. The van der Waals surface area contributed by atoms with Crippen LogP contribution in [-0.4, -0.2) is 41.8 Å². The van der Waals surface area contributed by atoms with Gasteiger partial charge in [0.15, 0.2) is 11.5 Å². The van der Waals surface area contributed by atoms with E-state index in [2.05, 4.69) is 21.2 Å². The molecule has 2 rings (SSSR count). The number of hydrogen-bond acceptors (Lipinski definition) is 5. The van der Waals surface area contributed by atoms with Gasteiger partial charge in [-0.15, -0.1) is 0 Å². The van der Waals surface area contributed by atoms with Crippen molar-refractivity contribution in [3.63, 3.8) is 0 Å². The Labute approximate surface area is 161 Å². The number of aromatic hydroxyl groups is 1. The molecule has 1 aliphatic rings. The van der Waals surface area contributed by atoms with E-state index in [4.69, 9.17) is 9.47 Å². The smallest absolute Gasteiger partial charge is 0.338 e. The summed E-state index contributed by atoms with van der Waals surface area (Å²) in [5, 5.41) is 12.9. The van der Waals surface area contributed by atoms with Crippen molar-refractivity contribution in [2.75, 3.05) is 13.7 Å². The Morgan fingerprint density at radius 2 is 2.08 bits per heavy atom. The Balaban J connectivity index is 2.61. The molecule has 26 heavy (non-hydrogen) atoms. The van der Waals surface area contributed by atoms with Crippen LogP contribution in [0.4, 0.5) is 4.79 Å². The molecule has 2 N–H and O–H groups in total. The van der Waals surface area contributed by atoms with Gasteiger partial charge >= 0.3 is 12.0 Å². The van der Waals surface area contributed by atoms with Crippen LogP contribution in [0.2, 0.25) is 0 Å². The Morgan fingerprint density at radius 3 is 2.62 bits per heavy atom. The summed E-state index contributed by atoms with van der Waals surface area (Å²) in [7, 11) is 1.43. The summed E-state index contributed by atoms with van der Waals surface area (Å²) in [5.41, 5.74) is 1.47. The predicted molar refractivity (Wildman–Crippen MR) is 99.9 cm³/mol. The van der Waals surface area contributed by atoms with Gasteiger partial charge in [-0.05, 0) is 61.3 Å². The van der Waals surface area contributed by atoms with Gasteiger partial charge in [0.05, 0.1) is 29.3 Å². The second-order valence-electron chi connectivity index (χ2n) is 6.13. The molecule has 1 aromatic rings. The maximum Gasteiger partial charge on any atom is 0.338 e. The van der Waals surface area contributed by atoms with E-state index in [0.717, 1.165) is 0 Å². The van der Waals surface area contributed by atoms with Gasteiger partial charge in [0.25, 0.3) is 0 Å². The number of allylic oxidation sites excluding steroid dienone is 1. The van der Waals surface area contributed by atoms with Gasteiger partial charge in [-0.1, -0.05) is 0 Å². The number of carbonyl (C=O) groups is 2. The minimum Gasteiger partial charge on any atom is -0.503 e. The molecule has 0 aromatic heterocycles. The number of amides is 2. The summed E-state index contributed by atoms with van der Waals surface area (Å²) in [4.78, 5) is 26.7. The SMILES string of the molecule is CCN1C(=O)N[C@@H](c2cc(Br)c(O)c(OC)c2)C(C(=O)OC(C)C)=C1C. The molecule has 0 unspecified atom stereocenters. The summed E-state index contributed by atoms with van der Waals surface area (Å²) in [6.07, 6.45) is -0.294. The zero-order valence-corrected chi connectivity index (χ0v) is 17.0. The highest BCUT2D eigenvalue weighted by molar-refractivity contribution is 9.10. The summed E-state index contributed by atoms with van der Waals surface area (Å²) in [5.74, 6) is -0.319. The minimum absolute atomic E-state index is 0.0550. The maximum atomic E-state index is 12.7. The largest absolute Gasteiger partial charge is 0.503 e. The molecule has 0 saturated heterocycles. The number of hydrogen-bond donors (Lipinski definition) is 2. The van der Waals surface area contributed by atoms with Gasteiger partial charge in [-0.25, -0.2) is 9.59 Å². The van der Waals surface area contributed by atoms with Crippen LogP contribution < -0.4 is 10.1 Å². The Morgan fingerprint density at radius 1 is 1.42 bits per heavy atom. The number of rotatable bonds is 5. The number of phenolic OH excluding ortho intramolecular Hbond substituents is 1. The number of esters is 1. The first kappa shape index (κ1) is 20.1. The second kappa shape index (κ2) is 7.99. The molecule has 0 spiro atoms. The lowest BCUT2D eigenvalue weighted by Gasteiger charge is -2.35. The molecule has 7 nitrogen and oxygen atoms in total. The predicted octanol–water partition coefficient (Wildman–Crippen LogP) is 3.48. The lowest BCUT2D eigenvalue weighted by Crippen LogP contribution is -2.48. The van der Waals surface area contributed by atoms with Crippen molar-refractivity contribution in [1.29, 1.82) is 0 Å². The van der Waals surface area contributed by atoms with Gasteiger partial charge in [0.2, 0.25) is 0 Å². The van der Waals surface area contributed by atoms with Crippen LogP contribution in [0.25, 0.3) is 0 Å². The number of nitrogens with one attached hydrogen (secondary N) is 1. The highest BCUT2D eigenvalue weighted by Gasteiger charge is 2.36. The van der Waals surface area contributed by atoms with Crippen LogP contribution >= 0.6 is 15.9 Å². The molecule has 142 valence electrons. The number of phenols is 1. The van der Waals surface area contributed by atoms with E-state index in [-0.39, 0.29) is 23.6 Å². The first-order chi connectivity index (χ1) is 12.2. The van der Waals surface area contributed by atoms with Gasteiger partial charge < -0.3 is 19.9 Å². The Hall–Kier alpha value is -2.22. The van der Waals surface area contributed by atoms with Crippen LogP contribution in [0.3, 0.4) is 0 Å². The van der Waals surface area contributed by atoms with Crippen molar-refractivity contribution < 1.29 is 24.2 Å². The van der Waals surface area contributed by atoms with Gasteiger partial charge in [-0.3, -0.25) is 4.90 Å². The fraction of sp³-hybridized carbons (Fsp3) is 0.444. The van der Waals surface area contributed by atoms with Crippen molar-refractivity contribution in [3.8, 4) is 11.5 Å². The van der Waals surface area contributed by atoms with E-state index in [1.165, 1.54) is 12.0 Å². The minimum atomic E-state index is -0.720. The van der Waals surface area contributed by atoms with Gasteiger partial charge in [-0.2, -0.15) is 0 Å². The van der Waals surface area contributed by atoms with Gasteiger partial charge in [0, 0.05) is 12.2 Å². The van der Waals surface area contributed by atoms with Crippen LogP contribution in [0.1, 0.15) is 39.3 Å². The Bertz CT molecular complexity index is 760. The fourth-order valence-electron chi connectivity index (χ4n) is 2.87. The van der Waals surface area contributed by atoms with Gasteiger partial charge in [0.1, 0.15) is 0 Å². The summed E-state index contributed by atoms with van der Waals surface area (Å²) in [6.45, 7) is 7.50. The van der Waals surface area contributed by atoms with Crippen LogP contribution in [0.15, 0.2) is 27.9 Å². The fourth-order valence-corrected chi connectivity index (χ4v) is 3.33. The average molecular weight is 427 g/mol. The summed E-state index contributed by atoms with van der Waals surface area (Å²) >= 11 is 3.27. The number of ether oxygens (including phenoxy) is 2. The van der Waals surface area contributed by atoms with E-state index in [1.807, 2.05) is 6.92 Å². The van der Waals surface area contributed by atoms with Crippen molar-refractivity contribution in [2.24, 2.45) is 0 Å². The highest BCUT2D eigenvalue weighted by Crippen LogP contribution is 2.40. The Kier molecular flexibility index (Phi) is 6.17. The van der Waals surface area contributed by atoms with E-state index in [0.29, 0.717) is 27.9 Å². The first-order valence-electron chi connectivity index (χ1n) is 8.27. The van der Waals surface area contributed by atoms with Crippen LogP contribution in [0, 0.1) is 0 Å². The molecule has 0 radical (unpaired) electrons. The number of carbonyl (C=O) groups excluding carboxylic acids is 2. The third kappa shape index (κ3) is 3.80. The van der Waals surface area contributed by atoms with Crippen molar-refractivity contribution in [2.45, 2.75) is 39.8 Å². The number of halogens is 1. The highest BCUT2D eigenvalue weighted by atomic mass is 79.9. The zero-order valence-electron chi connectivity index (χ0n) is 15.4. The molecular weight excluding hydrogens is 404 g/mol. The number of methoxy groups -OCH3 is 1. The monoisotopic (exact) mass is 426 g/mol. The molecule has 1 aromatic carbocycles. The molecule has 0 fully saturated rings. The lowest BCUT2D eigenvalue weighted by molar-refractivity contribution is -0.143. The van der Waals surface area contributed by atoms with E-state index >= 15 is 0 Å². The van der Waals surface area contributed by atoms with E-state index in [1.54, 1.807) is 32.9 Å². The molecule has 1 aliphatic heterocycles. The molecule has 1 atom stereocenters. The third-order valence-electron chi connectivity index (χ3n) is 4.08.